The molecule has 1 amide bonds. The predicted molar refractivity (Wildman–Crippen MR) is 115 cm³/mol. The average Bonchev–Trinajstić information content (AvgIpc) is 3.27. The van der Waals surface area contributed by atoms with E-state index in [9.17, 15) is 15.0 Å². The fourth-order valence-corrected chi connectivity index (χ4v) is 3.94. The van der Waals surface area contributed by atoms with Crippen LogP contribution in [-0.2, 0) is 30.7 Å². The number of carbonyl (C=O) groups is 1. The highest BCUT2D eigenvalue weighted by Gasteiger charge is 2.44. The van der Waals surface area contributed by atoms with Crippen molar-refractivity contribution in [2.24, 2.45) is 0 Å². The van der Waals surface area contributed by atoms with E-state index in [1.807, 2.05) is 55.3 Å². The normalized spacial score (nSPS) is 17.9. The van der Waals surface area contributed by atoms with Gasteiger partial charge in [0.05, 0.1) is 24.4 Å². The van der Waals surface area contributed by atoms with Crippen LogP contribution in [0.25, 0.3) is 0 Å². The molecule has 1 atom stereocenters. The van der Waals surface area contributed by atoms with E-state index in [0.717, 1.165) is 16.8 Å². The van der Waals surface area contributed by atoms with Crippen LogP contribution in [0.5, 0.6) is 11.5 Å². The Labute approximate surface area is 181 Å². The number of nitrogens with one attached hydrogen (secondary N) is 1. The molecule has 1 aliphatic rings. The highest BCUT2D eigenvalue weighted by Crippen LogP contribution is 2.26. The molecule has 3 N–H and O–H groups in total. The smallest absolute Gasteiger partial charge is 0.241 e. The maximum atomic E-state index is 13.1. The van der Waals surface area contributed by atoms with Crippen molar-refractivity contribution in [3.63, 3.8) is 0 Å². The van der Waals surface area contributed by atoms with Crippen molar-refractivity contribution in [2.45, 2.75) is 51.5 Å². The van der Waals surface area contributed by atoms with Gasteiger partial charge < -0.3 is 15.1 Å². The van der Waals surface area contributed by atoms with Gasteiger partial charge in [-0.25, -0.2) is 0 Å². The molecule has 1 aliphatic heterocycles. The number of phenolic OH excluding ortho intramolecular Hbond substituents is 2. The van der Waals surface area contributed by atoms with Crippen molar-refractivity contribution in [1.29, 1.82) is 0 Å². The fourth-order valence-electron chi connectivity index (χ4n) is 3.94. The van der Waals surface area contributed by atoms with Crippen molar-refractivity contribution in [3.8, 4) is 11.5 Å². The lowest BCUT2D eigenvalue weighted by atomic mass is 10.1. The van der Waals surface area contributed by atoms with Gasteiger partial charge in [-0.2, -0.15) is 0 Å². The molecule has 2 heterocycles. The van der Waals surface area contributed by atoms with Gasteiger partial charge in [0.1, 0.15) is 5.69 Å². The summed E-state index contributed by atoms with van der Waals surface area (Å²) < 4.78 is 1.72. The molecule has 0 spiro atoms. The Kier molecular flexibility index (Phi) is 5.65. The van der Waals surface area contributed by atoms with Crippen LogP contribution in [0.4, 0.5) is 0 Å². The van der Waals surface area contributed by atoms with Crippen LogP contribution in [-0.4, -0.2) is 47.7 Å². The summed E-state index contributed by atoms with van der Waals surface area (Å²) in [7, 11) is 0. The number of aromatic nitrogens is 3. The van der Waals surface area contributed by atoms with E-state index >= 15 is 0 Å². The maximum absolute atomic E-state index is 13.1. The highest BCUT2D eigenvalue weighted by atomic mass is 16.3. The third-order valence-corrected chi connectivity index (χ3v) is 5.62. The Bertz CT molecular complexity index is 1060. The van der Waals surface area contributed by atoms with Crippen LogP contribution in [0.2, 0.25) is 0 Å². The lowest BCUT2D eigenvalue weighted by Crippen LogP contribution is -2.47. The average molecular weight is 422 g/mol. The highest BCUT2D eigenvalue weighted by molar-refractivity contribution is 5.85. The van der Waals surface area contributed by atoms with Gasteiger partial charge in [-0.3, -0.25) is 14.8 Å². The molecule has 8 heteroatoms. The van der Waals surface area contributed by atoms with Crippen molar-refractivity contribution >= 4 is 5.91 Å². The molecular weight excluding hydrogens is 394 g/mol. The predicted octanol–water partition coefficient (Wildman–Crippen LogP) is 2.21. The Morgan fingerprint density at radius 3 is 2.58 bits per heavy atom. The molecule has 162 valence electrons. The monoisotopic (exact) mass is 421 g/mol. The van der Waals surface area contributed by atoms with E-state index < -0.39 is 5.66 Å². The number of aromatic hydroxyl groups is 2. The molecule has 1 saturated heterocycles. The summed E-state index contributed by atoms with van der Waals surface area (Å²) in [4.78, 5) is 14.9. The molecule has 0 unspecified atom stereocenters. The third kappa shape index (κ3) is 4.69. The quantitative estimate of drug-likeness (QED) is 0.506. The second-order valence-corrected chi connectivity index (χ2v) is 8.42. The Morgan fingerprint density at radius 1 is 1.06 bits per heavy atom. The number of hydrogen-bond acceptors (Lipinski definition) is 6. The number of benzene rings is 2. The number of carbonyl (C=O) groups excluding carboxylic acids is 1. The number of rotatable bonds is 7. The molecule has 4 rings (SSSR count). The minimum Gasteiger partial charge on any atom is -0.504 e. The molecule has 0 aliphatic carbocycles. The van der Waals surface area contributed by atoms with Crippen molar-refractivity contribution in [3.05, 3.63) is 71.5 Å². The second-order valence-electron chi connectivity index (χ2n) is 8.42. The number of nitrogens with zero attached hydrogens (tertiary/aromatic N) is 4. The second kappa shape index (κ2) is 8.39. The van der Waals surface area contributed by atoms with E-state index in [4.69, 9.17) is 0 Å². The van der Waals surface area contributed by atoms with Crippen LogP contribution >= 0.6 is 0 Å². The Morgan fingerprint density at radius 2 is 1.84 bits per heavy atom. The van der Waals surface area contributed by atoms with Crippen LogP contribution in [0, 0.1) is 0 Å². The van der Waals surface area contributed by atoms with Crippen LogP contribution in [0.15, 0.2) is 54.7 Å². The van der Waals surface area contributed by atoms with Gasteiger partial charge in [-0.05, 0) is 49.9 Å². The van der Waals surface area contributed by atoms with E-state index in [-0.39, 0.29) is 23.4 Å². The largest absolute Gasteiger partial charge is 0.504 e. The summed E-state index contributed by atoms with van der Waals surface area (Å²) in [6, 6.07) is 14.5. The topological polar surface area (TPSA) is 104 Å². The molecule has 8 nitrogen and oxygen atoms in total. The SMILES string of the molecule is CC1(C)N[C@@H](Cc2ccccc2)C(=O)N1Cc1cn(CCc2ccc(O)c(O)c2)nn1. The lowest BCUT2D eigenvalue weighted by Gasteiger charge is -2.30. The van der Waals surface area contributed by atoms with Gasteiger partial charge in [0.25, 0.3) is 0 Å². The first kappa shape index (κ1) is 20.9. The molecule has 0 radical (unpaired) electrons. The van der Waals surface area contributed by atoms with E-state index in [0.29, 0.717) is 25.9 Å². The van der Waals surface area contributed by atoms with Crippen molar-refractivity contribution < 1.29 is 15.0 Å². The van der Waals surface area contributed by atoms with Crippen LogP contribution < -0.4 is 5.32 Å². The van der Waals surface area contributed by atoms with Gasteiger partial charge in [0, 0.05) is 6.54 Å². The number of phenols is 2. The number of amides is 1. The van der Waals surface area contributed by atoms with Gasteiger partial charge in [-0.15, -0.1) is 5.10 Å². The third-order valence-electron chi connectivity index (χ3n) is 5.62. The Hall–Kier alpha value is -3.39. The van der Waals surface area contributed by atoms with E-state index in [2.05, 4.69) is 15.6 Å². The number of hydrogen-bond donors (Lipinski definition) is 3. The van der Waals surface area contributed by atoms with Crippen molar-refractivity contribution in [1.82, 2.24) is 25.2 Å². The minimum absolute atomic E-state index is 0.0583. The van der Waals surface area contributed by atoms with Gasteiger partial charge in [0.2, 0.25) is 5.91 Å². The molecule has 31 heavy (non-hydrogen) atoms. The summed E-state index contributed by atoms with van der Waals surface area (Å²) in [6.45, 7) is 4.95. The van der Waals surface area contributed by atoms with Crippen LogP contribution in [0.1, 0.15) is 30.7 Å². The molecule has 1 fully saturated rings. The molecule has 0 saturated carbocycles. The molecular formula is C23H27N5O3. The maximum Gasteiger partial charge on any atom is 0.241 e. The lowest BCUT2D eigenvalue weighted by molar-refractivity contribution is -0.132. The zero-order valence-corrected chi connectivity index (χ0v) is 17.7. The summed E-state index contributed by atoms with van der Waals surface area (Å²) in [5.41, 5.74) is 2.25. The molecule has 1 aromatic heterocycles. The summed E-state index contributed by atoms with van der Waals surface area (Å²) >= 11 is 0. The summed E-state index contributed by atoms with van der Waals surface area (Å²) in [5.74, 6) is -0.212. The summed E-state index contributed by atoms with van der Waals surface area (Å²) in [5, 5.41) is 30.9. The summed E-state index contributed by atoms with van der Waals surface area (Å²) in [6.07, 6.45) is 3.12. The first-order valence-corrected chi connectivity index (χ1v) is 10.3. The van der Waals surface area contributed by atoms with Gasteiger partial charge in [-0.1, -0.05) is 41.6 Å². The first-order valence-electron chi connectivity index (χ1n) is 10.3. The fraction of sp³-hybridized carbons (Fsp3) is 0.348. The molecule has 2 aromatic carbocycles. The Balaban J connectivity index is 1.38. The van der Waals surface area contributed by atoms with E-state index in [1.165, 1.54) is 12.1 Å². The van der Waals surface area contributed by atoms with E-state index in [1.54, 1.807) is 10.7 Å². The minimum atomic E-state index is -0.482. The zero-order chi connectivity index (χ0) is 22.0. The molecule has 3 aromatic rings. The van der Waals surface area contributed by atoms with Gasteiger partial charge in [0.15, 0.2) is 11.5 Å². The first-order chi connectivity index (χ1) is 14.8. The number of aryl methyl sites for hydroxylation is 2. The van der Waals surface area contributed by atoms with Crippen molar-refractivity contribution in [2.75, 3.05) is 0 Å². The van der Waals surface area contributed by atoms with Crippen LogP contribution in [0.3, 0.4) is 0 Å². The standard InChI is InChI=1S/C23H27N5O3/c1-23(2)24-19(12-16-6-4-3-5-7-16)22(31)28(23)15-18-14-27(26-25-18)11-10-17-8-9-20(29)21(30)13-17/h3-9,13-14,19,24,29-30H,10-12,15H2,1-2H3/t19-/m0/s1. The van der Waals surface area contributed by atoms with Gasteiger partial charge >= 0.3 is 0 Å². The zero-order valence-electron chi connectivity index (χ0n) is 17.7. The molecule has 0 bridgehead atoms.